The number of anilines is 2. The molecule has 0 bridgehead atoms. The van der Waals surface area contributed by atoms with Gasteiger partial charge in [0.05, 0.1) is 29.6 Å². The van der Waals surface area contributed by atoms with Crippen LogP contribution in [0.5, 0.6) is 0 Å². The second kappa shape index (κ2) is 11.0. The van der Waals surface area contributed by atoms with E-state index in [-0.39, 0.29) is 18.9 Å². The summed E-state index contributed by atoms with van der Waals surface area (Å²) in [5.74, 6) is -0.141. The third-order valence-electron chi connectivity index (χ3n) is 5.25. The zero-order chi connectivity index (χ0) is 25.7. The van der Waals surface area contributed by atoms with Gasteiger partial charge in [-0.3, -0.25) is 0 Å². The highest BCUT2D eigenvalue weighted by atomic mass is 35.5. The van der Waals surface area contributed by atoms with E-state index in [1.54, 1.807) is 63.2 Å². The van der Waals surface area contributed by atoms with Crippen LogP contribution in [0.25, 0.3) is 22.6 Å². The molecule has 0 radical (unpaired) electrons. The van der Waals surface area contributed by atoms with Crippen molar-refractivity contribution in [3.8, 4) is 22.6 Å². The predicted molar refractivity (Wildman–Crippen MR) is 136 cm³/mol. The van der Waals surface area contributed by atoms with Crippen molar-refractivity contribution in [2.24, 2.45) is 0 Å². The summed E-state index contributed by atoms with van der Waals surface area (Å²) in [4.78, 5) is 31.1. The summed E-state index contributed by atoms with van der Waals surface area (Å²) in [6.45, 7) is 5.64. The van der Waals surface area contributed by atoms with Gasteiger partial charge in [-0.1, -0.05) is 53.2 Å². The summed E-state index contributed by atoms with van der Waals surface area (Å²) in [5.41, 5.74) is 3.49. The molecule has 8 nitrogen and oxygen atoms in total. The molecule has 2 aromatic carbocycles. The number of nitrogens with zero attached hydrogens (tertiary/aromatic N) is 3. The summed E-state index contributed by atoms with van der Waals surface area (Å²) in [6.07, 6.45) is -0.613. The van der Waals surface area contributed by atoms with Crippen molar-refractivity contribution >= 4 is 35.0 Å². The summed E-state index contributed by atoms with van der Waals surface area (Å²) in [5, 5.41) is 4.49. The number of hydrogen-bond donors (Lipinski definition) is 0. The Kier molecular flexibility index (Phi) is 7.65. The zero-order valence-electron chi connectivity index (χ0n) is 20.0. The van der Waals surface area contributed by atoms with Crippen LogP contribution < -0.4 is 4.90 Å². The minimum atomic E-state index is -0.613. The summed E-state index contributed by atoms with van der Waals surface area (Å²) in [6, 6.07) is 19.5. The molecule has 2 heterocycles. The fourth-order valence-electron chi connectivity index (χ4n) is 3.68. The zero-order valence-corrected chi connectivity index (χ0v) is 20.8. The van der Waals surface area contributed by atoms with Gasteiger partial charge in [-0.15, -0.1) is 0 Å². The Hall–Kier alpha value is -4.17. The van der Waals surface area contributed by atoms with E-state index in [9.17, 15) is 9.59 Å². The number of ether oxygens (including phenoxy) is 2. The Morgan fingerprint density at radius 3 is 2.42 bits per heavy atom. The fraction of sp³-hybridized carbons (Fsp3) is 0.185. The average molecular weight is 506 g/mol. The van der Waals surface area contributed by atoms with Crippen molar-refractivity contribution < 1.29 is 23.6 Å². The molecule has 0 atom stereocenters. The van der Waals surface area contributed by atoms with E-state index >= 15 is 0 Å². The highest BCUT2D eigenvalue weighted by Gasteiger charge is 2.30. The first-order valence-electron chi connectivity index (χ1n) is 11.4. The lowest BCUT2D eigenvalue weighted by atomic mass is 10.0. The van der Waals surface area contributed by atoms with Crippen LogP contribution in [-0.2, 0) is 9.47 Å². The first-order valence-corrected chi connectivity index (χ1v) is 11.7. The van der Waals surface area contributed by atoms with Gasteiger partial charge in [0, 0.05) is 11.1 Å². The average Bonchev–Trinajstić information content (AvgIpc) is 3.27. The molecule has 0 aliphatic rings. The molecule has 1 amide bonds. The molecule has 2 aromatic heterocycles. The van der Waals surface area contributed by atoms with Gasteiger partial charge in [-0.25, -0.2) is 19.5 Å². The van der Waals surface area contributed by atoms with Crippen LogP contribution in [0.3, 0.4) is 0 Å². The topological polar surface area (TPSA) is 94.8 Å². The van der Waals surface area contributed by atoms with Gasteiger partial charge in [-0.05, 0) is 51.1 Å². The van der Waals surface area contributed by atoms with Crippen molar-refractivity contribution in [1.82, 2.24) is 10.1 Å². The molecule has 0 N–H and O–H groups in total. The smallest absolute Gasteiger partial charge is 0.419 e. The Balaban J connectivity index is 1.81. The first kappa shape index (κ1) is 24.9. The van der Waals surface area contributed by atoms with Crippen molar-refractivity contribution in [3.05, 3.63) is 83.1 Å². The standard InChI is InChI=1S/C27H24ClN3O5/c1-4-34-26(32)22-14-9-13-21(29-22)18-10-8-11-19(16-18)25-24(17(3)30-36-25)31(27(33)35-5-2)23-15-7-6-12-20(23)28/h6-16H,4-5H2,1-3H3. The van der Waals surface area contributed by atoms with E-state index in [4.69, 9.17) is 25.6 Å². The number of esters is 1. The molecular formula is C27H24ClN3O5. The maximum absolute atomic E-state index is 13.1. The normalized spacial score (nSPS) is 10.7. The number of aryl methyl sites for hydroxylation is 1. The molecule has 0 aliphatic heterocycles. The van der Waals surface area contributed by atoms with Crippen LogP contribution in [0.15, 0.2) is 71.3 Å². The summed E-state index contributed by atoms with van der Waals surface area (Å²) >= 11 is 6.45. The molecule has 4 rings (SSSR count). The fourth-order valence-corrected chi connectivity index (χ4v) is 3.90. The number of carbonyl (C=O) groups is 2. The van der Waals surface area contributed by atoms with Gasteiger partial charge in [0.1, 0.15) is 17.1 Å². The van der Waals surface area contributed by atoms with Crippen molar-refractivity contribution in [2.75, 3.05) is 18.1 Å². The second-order valence-corrected chi connectivity index (χ2v) is 8.05. The maximum Gasteiger partial charge on any atom is 0.419 e. The largest absolute Gasteiger partial charge is 0.461 e. The summed E-state index contributed by atoms with van der Waals surface area (Å²) in [7, 11) is 0. The van der Waals surface area contributed by atoms with E-state index in [1.807, 2.05) is 24.3 Å². The van der Waals surface area contributed by atoms with E-state index < -0.39 is 12.1 Å². The van der Waals surface area contributed by atoms with Crippen LogP contribution in [0.2, 0.25) is 5.02 Å². The lowest BCUT2D eigenvalue weighted by Gasteiger charge is -2.23. The maximum atomic E-state index is 13.1. The Bertz CT molecular complexity index is 1400. The van der Waals surface area contributed by atoms with Crippen LogP contribution in [-0.4, -0.2) is 35.4 Å². The molecule has 0 unspecified atom stereocenters. The first-order chi connectivity index (χ1) is 17.4. The van der Waals surface area contributed by atoms with Crippen LogP contribution >= 0.6 is 11.6 Å². The lowest BCUT2D eigenvalue weighted by molar-refractivity contribution is 0.0519. The van der Waals surface area contributed by atoms with Crippen LogP contribution in [0, 0.1) is 6.92 Å². The monoisotopic (exact) mass is 505 g/mol. The molecule has 4 aromatic rings. The third kappa shape index (κ3) is 5.08. The highest BCUT2D eigenvalue weighted by Crippen LogP contribution is 2.41. The van der Waals surface area contributed by atoms with Crippen molar-refractivity contribution in [2.45, 2.75) is 20.8 Å². The van der Waals surface area contributed by atoms with Gasteiger partial charge in [0.25, 0.3) is 0 Å². The number of aromatic nitrogens is 2. The predicted octanol–water partition coefficient (Wildman–Crippen LogP) is 6.84. The van der Waals surface area contributed by atoms with Gasteiger partial charge in [0.15, 0.2) is 5.76 Å². The number of benzene rings is 2. The third-order valence-corrected chi connectivity index (χ3v) is 5.57. The van der Waals surface area contributed by atoms with Gasteiger partial charge >= 0.3 is 12.1 Å². The number of pyridine rings is 1. The van der Waals surface area contributed by atoms with E-state index in [0.29, 0.717) is 39.1 Å². The number of hydrogen-bond acceptors (Lipinski definition) is 7. The van der Waals surface area contributed by atoms with Crippen molar-refractivity contribution in [1.29, 1.82) is 0 Å². The molecular weight excluding hydrogens is 482 g/mol. The summed E-state index contributed by atoms with van der Waals surface area (Å²) < 4.78 is 16.1. The molecule has 36 heavy (non-hydrogen) atoms. The number of carbonyl (C=O) groups excluding carboxylic acids is 2. The molecule has 0 saturated heterocycles. The number of halogens is 1. The molecule has 0 fully saturated rings. The lowest BCUT2D eigenvalue weighted by Crippen LogP contribution is -2.27. The van der Waals surface area contributed by atoms with Gasteiger partial charge in [-0.2, -0.15) is 0 Å². The quantitative estimate of drug-likeness (QED) is 0.254. The van der Waals surface area contributed by atoms with Gasteiger partial charge in [0.2, 0.25) is 0 Å². The molecule has 0 saturated carbocycles. The molecule has 0 spiro atoms. The SMILES string of the molecule is CCOC(=O)c1cccc(-c2cccc(-c3onc(C)c3N(C(=O)OCC)c3ccccc3Cl)c2)n1. The van der Waals surface area contributed by atoms with E-state index in [0.717, 1.165) is 5.56 Å². The Morgan fingerprint density at radius 1 is 0.944 bits per heavy atom. The molecule has 184 valence electrons. The van der Waals surface area contributed by atoms with Gasteiger partial charge < -0.3 is 14.0 Å². The minimum Gasteiger partial charge on any atom is -0.461 e. The Morgan fingerprint density at radius 2 is 1.67 bits per heavy atom. The number of amides is 1. The van der Waals surface area contributed by atoms with Crippen molar-refractivity contribution in [3.63, 3.8) is 0 Å². The Labute approximate surface area is 213 Å². The second-order valence-electron chi connectivity index (χ2n) is 7.64. The highest BCUT2D eigenvalue weighted by molar-refractivity contribution is 6.34. The molecule has 0 aliphatic carbocycles. The minimum absolute atomic E-state index is 0.178. The van der Waals surface area contributed by atoms with E-state index in [1.165, 1.54) is 4.90 Å². The number of rotatable bonds is 7. The number of para-hydroxylation sites is 1. The van der Waals surface area contributed by atoms with E-state index in [2.05, 4.69) is 10.1 Å². The van der Waals surface area contributed by atoms with Crippen LogP contribution in [0.1, 0.15) is 30.0 Å². The molecule has 9 heteroatoms. The van der Waals surface area contributed by atoms with Crippen LogP contribution in [0.4, 0.5) is 16.2 Å².